The number of likely N-dealkylation sites (tertiary alicyclic amines) is 1. The lowest BCUT2D eigenvalue weighted by Gasteiger charge is -2.22. The van der Waals surface area contributed by atoms with Crippen molar-refractivity contribution in [3.63, 3.8) is 0 Å². The SMILES string of the molecule is CCOC(=O)CCCCN1CCC[C@@H]1c1ccco1. The average Bonchev–Trinajstić information content (AvgIpc) is 3.05. The van der Waals surface area contributed by atoms with Crippen LogP contribution in [0.1, 0.15) is 50.8 Å². The molecule has 1 saturated heterocycles. The largest absolute Gasteiger partial charge is 0.468 e. The van der Waals surface area contributed by atoms with Crippen LogP contribution in [0.2, 0.25) is 0 Å². The van der Waals surface area contributed by atoms with Crippen LogP contribution < -0.4 is 0 Å². The fourth-order valence-electron chi connectivity index (χ4n) is 2.71. The maximum absolute atomic E-state index is 11.2. The Morgan fingerprint density at radius 1 is 1.53 bits per heavy atom. The van der Waals surface area contributed by atoms with Gasteiger partial charge >= 0.3 is 5.97 Å². The first kappa shape index (κ1) is 14.1. The van der Waals surface area contributed by atoms with Crippen LogP contribution in [0.3, 0.4) is 0 Å². The number of nitrogens with zero attached hydrogens (tertiary/aromatic N) is 1. The topological polar surface area (TPSA) is 42.7 Å². The van der Waals surface area contributed by atoms with E-state index in [1.807, 2.05) is 13.0 Å². The number of esters is 1. The smallest absolute Gasteiger partial charge is 0.305 e. The summed E-state index contributed by atoms with van der Waals surface area (Å²) in [6.07, 6.45) is 6.62. The molecule has 1 aromatic rings. The van der Waals surface area contributed by atoms with E-state index >= 15 is 0 Å². The third-order valence-electron chi connectivity index (χ3n) is 3.62. The molecule has 0 saturated carbocycles. The number of hydrogen-bond donors (Lipinski definition) is 0. The summed E-state index contributed by atoms with van der Waals surface area (Å²) in [4.78, 5) is 13.7. The summed E-state index contributed by atoms with van der Waals surface area (Å²) < 4.78 is 10.4. The molecule has 2 rings (SSSR count). The van der Waals surface area contributed by atoms with E-state index in [1.165, 1.54) is 12.8 Å². The van der Waals surface area contributed by atoms with E-state index < -0.39 is 0 Å². The van der Waals surface area contributed by atoms with E-state index in [4.69, 9.17) is 9.15 Å². The summed E-state index contributed by atoms with van der Waals surface area (Å²) in [5.41, 5.74) is 0. The Balaban J connectivity index is 1.69. The van der Waals surface area contributed by atoms with E-state index in [1.54, 1.807) is 6.26 Å². The highest BCUT2D eigenvalue weighted by Crippen LogP contribution is 2.32. The minimum atomic E-state index is -0.0773. The normalized spacial score (nSPS) is 19.7. The highest BCUT2D eigenvalue weighted by Gasteiger charge is 2.27. The van der Waals surface area contributed by atoms with Gasteiger partial charge in [0.1, 0.15) is 5.76 Å². The van der Waals surface area contributed by atoms with Crippen molar-refractivity contribution in [3.8, 4) is 0 Å². The lowest BCUT2D eigenvalue weighted by atomic mass is 10.1. The standard InChI is InChI=1S/C15H23NO3/c1-2-18-15(17)9-3-4-10-16-11-5-7-13(16)14-8-6-12-19-14/h6,8,12-13H,2-5,7,9-11H2,1H3/t13-/m1/s1. The molecule has 0 N–H and O–H groups in total. The number of rotatable bonds is 7. The van der Waals surface area contributed by atoms with Gasteiger partial charge in [-0.3, -0.25) is 9.69 Å². The van der Waals surface area contributed by atoms with Crippen molar-refractivity contribution < 1.29 is 13.9 Å². The molecule has 0 spiro atoms. The minimum absolute atomic E-state index is 0.0773. The van der Waals surface area contributed by atoms with Gasteiger partial charge in [-0.05, 0) is 57.8 Å². The molecular formula is C15H23NO3. The first-order valence-electron chi connectivity index (χ1n) is 7.24. The van der Waals surface area contributed by atoms with Crippen molar-refractivity contribution >= 4 is 5.97 Å². The van der Waals surface area contributed by atoms with Crippen LogP contribution in [-0.2, 0) is 9.53 Å². The fourth-order valence-corrected chi connectivity index (χ4v) is 2.71. The third kappa shape index (κ3) is 4.10. The maximum atomic E-state index is 11.2. The zero-order chi connectivity index (χ0) is 13.5. The van der Waals surface area contributed by atoms with Gasteiger partial charge in [0.15, 0.2) is 0 Å². The molecule has 4 nitrogen and oxygen atoms in total. The van der Waals surface area contributed by atoms with Crippen LogP contribution in [0.25, 0.3) is 0 Å². The van der Waals surface area contributed by atoms with E-state index in [-0.39, 0.29) is 5.97 Å². The Bertz CT molecular complexity index is 375. The molecule has 19 heavy (non-hydrogen) atoms. The molecule has 0 amide bonds. The van der Waals surface area contributed by atoms with Crippen LogP contribution >= 0.6 is 0 Å². The average molecular weight is 265 g/mol. The second-order valence-electron chi connectivity index (χ2n) is 4.97. The molecule has 4 heteroatoms. The molecule has 1 atom stereocenters. The van der Waals surface area contributed by atoms with Crippen molar-refractivity contribution in [2.45, 2.75) is 45.1 Å². The van der Waals surface area contributed by atoms with E-state index in [2.05, 4.69) is 11.0 Å². The zero-order valence-corrected chi connectivity index (χ0v) is 11.6. The summed E-state index contributed by atoms with van der Waals surface area (Å²) in [5.74, 6) is 0.995. The molecule has 0 aromatic carbocycles. The fraction of sp³-hybridized carbons (Fsp3) is 0.667. The second kappa shape index (κ2) is 7.34. The van der Waals surface area contributed by atoms with E-state index in [0.717, 1.165) is 31.7 Å². The number of ether oxygens (including phenoxy) is 1. The van der Waals surface area contributed by atoms with Gasteiger partial charge in [-0.2, -0.15) is 0 Å². The van der Waals surface area contributed by atoms with Crippen LogP contribution in [0.5, 0.6) is 0 Å². The molecule has 2 heterocycles. The van der Waals surface area contributed by atoms with Crippen molar-refractivity contribution in [2.75, 3.05) is 19.7 Å². The van der Waals surface area contributed by atoms with E-state index in [0.29, 0.717) is 19.1 Å². The Morgan fingerprint density at radius 2 is 2.42 bits per heavy atom. The number of unbranched alkanes of at least 4 members (excludes halogenated alkanes) is 1. The number of carbonyl (C=O) groups excluding carboxylic acids is 1. The number of hydrogen-bond acceptors (Lipinski definition) is 4. The number of furan rings is 1. The lowest BCUT2D eigenvalue weighted by molar-refractivity contribution is -0.143. The summed E-state index contributed by atoms with van der Waals surface area (Å²) in [6.45, 7) is 4.48. The quantitative estimate of drug-likeness (QED) is 0.561. The van der Waals surface area contributed by atoms with Crippen molar-refractivity contribution in [1.29, 1.82) is 0 Å². The predicted molar refractivity (Wildman–Crippen MR) is 72.7 cm³/mol. The number of carbonyl (C=O) groups is 1. The van der Waals surface area contributed by atoms with Gasteiger partial charge in [0, 0.05) is 6.42 Å². The lowest BCUT2D eigenvalue weighted by Crippen LogP contribution is -2.24. The third-order valence-corrected chi connectivity index (χ3v) is 3.62. The van der Waals surface area contributed by atoms with Crippen LogP contribution in [0, 0.1) is 0 Å². The molecule has 0 unspecified atom stereocenters. The molecule has 1 aliphatic heterocycles. The van der Waals surface area contributed by atoms with Crippen molar-refractivity contribution in [1.82, 2.24) is 4.90 Å². The second-order valence-corrected chi connectivity index (χ2v) is 4.97. The van der Waals surface area contributed by atoms with Gasteiger partial charge < -0.3 is 9.15 Å². The molecule has 0 bridgehead atoms. The first-order valence-corrected chi connectivity index (χ1v) is 7.24. The highest BCUT2D eigenvalue weighted by atomic mass is 16.5. The Kier molecular flexibility index (Phi) is 5.45. The molecular weight excluding hydrogens is 242 g/mol. The molecule has 0 radical (unpaired) electrons. The molecule has 1 aromatic heterocycles. The molecule has 106 valence electrons. The van der Waals surface area contributed by atoms with Gasteiger partial charge in [0.2, 0.25) is 0 Å². The van der Waals surface area contributed by atoms with Gasteiger partial charge in [-0.1, -0.05) is 0 Å². The van der Waals surface area contributed by atoms with Gasteiger partial charge in [0.25, 0.3) is 0 Å². The summed E-state index contributed by atoms with van der Waals surface area (Å²) in [7, 11) is 0. The summed E-state index contributed by atoms with van der Waals surface area (Å²) in [5, 5.41) is 0. The minimum Gasteiger partial charge on any atom is -0.468 e. The molecule has 1 fully saturated rings. The highest BCUT2D eigenvalue weighted by molar-refractivity contribution is 5.69. The van der Waals surface area contributed by atoms with Gasteiger partial charge in [-0.15, -0.1) is 0 Å². The first-order chi connectivity index (χ1) is 9.31. The van der Waals surface area contributed by atoms with Crippen LogP contribution in [0.15, 0.2) is 22.8 Å². The van der Waals surface area contributed by atoms with Gasteiger partial charge in [-0.25, -0.2) is 0 Å². The van der Waals surface area contributed by atoms with Crippen LogP contribution in [-0.4, -0.2) is 30.6 Å². The zero-order valence-electron chi connectivity index (χ0n) is 11.6. The Morgan fingerprint density at radius 3 is 3.16 bits per heavy atom. The Hall–Kier alpha value is -1.29. The maximum Gasteiger partial charge on any atom is 0.305 e. The van der Waals surface area contributed by atoms with Crippen molar-refractivity contribution in [2.24, 2.45) is 0 Å². The summed E-state index contributed by atoms with van der Waals surface area (Å²) in [6, 6.07) is 4.44. The Labute approximate surface area is 114 Å². The van der Waals surface area contributed by atoms with Crippen molar-refractivity contribution in [3.05, 3.63) is 24.2 Å². The summed E-state index contributed by atoms with van der Waals surface area (Å²) >= 11 is 0. The van der Waals surface area contributed by atoms with E-state index in [9.17, 15) is 4.79 Å². The monoisotopic (exact) mass is 265 g/mol. The molecule has 1 aliphatic rings. The van der Waals surface area contributed by atoms with Crippen LogP contribution in [0.4, 0.5) is 0 Å². The predicted octanol–water partition coefficient (Wildman–Crippen LogP) is 3.15. The molecule has 0 aliphatic carbocycles. The van der Waals surface area contributed by atoms with Gasteiger partial charge in [0.05, 0.1) is 18.9 Å².